The highest BCUT2D eigenvalue weighted by Crippen LogP contribution is 2.19. The molecule has 4 heteroatoms. The fourth-order valence-corrected chi connectivity index (χ4v) is 2.51. The second-order valence-electron chi connectivity index (χ2n) is 5.00. The topological polar surface area (TPSA) is 55.1 Å². The molecule has 0 bridgehead atoms. The summed E-state index contributed by atoms with van der Waals surface area (Å²) in [5.74, 6) is -0.392. The molecular weight excluding hydrogens is 256 g/mol. The van der Waals surface area contributed by atoms with E-state index in [2.05, 4.69) is 5.32 Å². The molecule has 0 saturated carbocycles. The van der Waals surface area contributed by atoms with Crippen molar-refractivity contribution >= 4 is 23.1 Å². The zero-order valence-electron chi connectivity index (χ0n) is 11.7. The first-order valence-electron chi connectivity index (χ1n) is 6.62. The van der Waals surface area contributed by atoms with Gasteiger partial charge >= 0.3 is 0 Å². The minimum Gasteiger partial charge on any atom is -0.393 e. The maximum Gasteiger partial charge on any atom is 0.230 e. The van der Waals surface area contributed by atoms with Gasteiger partial charge < -0.3 is 11.1 Å². The van der Waals surface area contributed by atoms with Crippen LogP contribution in [0.2, 0.25) is 0 Å². The molecule has 1 rings (SSSR count). The van der Waals surface area contributed by atoms with E-state index in [-0.39, 0.29) is 22.9 Å². The van der Waals surface area contributed by atoms with Crippen molar-refractivity contribution in [2.24, 2.45) is 17.6 Å². The van der Waals surface area contributed by atoms with Gasteiger partial charge in [-0.15, -0.1) is 0 Å². The van der Waals surface area contributed by atoms with E-state index in [9.17, 15) is 4.79 Å². The van der Waals surface area contributed by atoms with Gasteiger partial charge in [-0.1, -0.05) is 63.3 Å². The zero-order valence-corrected chi connectivity index (χ0v) is 12.5. The minimum atomic E-state index is -0.409. The van der Waals surface area contributed by atoms with Crippen LogP contribution in [0.5, 0.6) is 0 Å². The van der Waals surface area contributed by atoms with E-state index in [0.717, 1.165) is 12.0 Å². The Morgan fingerprint density at radius 2 is 1.89 bits per heavy atom. The average molecular weight is 278 g/mol. The molecule has 2 unspecified atom stereocenters. The lowest BCUT2D eigenvalue weighted by atomic mass is 9.94. The third kappa shape index (κ3) is 4.31. The second kappa shape index (κ2) is 7.24. The van der Waals surface area contributed by atoms with Crippen molar-refractivity contribution in [2.45, 2.75) is 33.2 Å². The van der Waals surface area contributed by atoms with Gasteiger partial charge in [-0.05, 0) is 17.9 Å². The molecule has 0 heterocycles. The Morgan fingerprint density at radius 3 is 2.32 bits per heavy atom. The van der Waals surface area contributed by atoms with E-state index >= 15 is 0 Å². The summed E-state index contributed by atoms with van der Waals surface area (Å²) >= 11 is 4.99. The summed E-state index contributed by atoms with van der Waals surface area (Å²) < 4.78 is 0. The van der Waals surface area contributed by atoms with E-state index < -0.39 is 5.92 Å². The summed E-state index contributed by atoms with van der Waals surface area (Å²) in [4.78, 5) is 12.5. The fourth-order valence-electron chi connectivity index (χ4n) is 2.13. The van der Waals surface area contributed by atoms with Gasteiger partial charge in [0.05, 0.1) is 16.9 Å². The van der Waals surface area contributed by atoms with E-state index in [1.54, 1.807) is 0 Å². The molecule has 1 amide bonds. The molecule has 104 valence electrons. The van der Waals surface area contributed by atoms with Gasteiger partial charge in [-0.25, -0.2) is 0 Å². The lowest BCUT2D eigenvalue weighted by Gasteiger charge is -2.23. The number of hydrogen-bond acceptors (Lipinski definition) is 2. The van der Waals surface area contributed by atoms with Crippen molar-refractivity contribution in [1.82, 2.24) is 5.32 Å². The molecule has 0 aliphatic rings. The van der Waals surface area contributed by atoms with E-state index in [1.165, 1.54) is 0 Å². The summed E-state index contributed by atoms with van der Waals surface area (Å²) in [5, 5.41) is 3.04. The standard InChI is InChI=1S/C15H22N2OS/c1-4-12(11-8-6-5-7-9-11)17-15(18)13(10(2)3)14(16)19/h5-10,12-13H,4H2,1-3H3,(H2,16,19)(H,17,18). The Labute approximate surface area is 120 Å². The zero-order chi connectivity index (χ0) is 14.4. The number of nitrogens with one attached hydrogen (secondary N) is 1. The van der Waals surface area contributed by atoms with Gasteiger partial charge in [0.25, 0.3) is 0 Å². The molecule has 0 aliphatic heterocycles. The number of nitrogens with two attached hydrogens (primary N) is 1. The number of rotatable bonds is 6. The number of carbonyl (C=O) groups excluding carboxylic acids is 1. The van der Waals surface area contributed by atoms with E-state index in [0.29, 0.717) is 0 Å². The fraction of sp³-hybridized carbons (Fsp3) is 0.467. The SMILES string of the molecule is CCC(NC(=O)C(C(N)=S)C(C)C)c1ccccc1. The highest BCUT2D eigenvalue weighted by Gasteiger charge is 2.26. The molecule has 1 aromatic rings. The van der Waals surface area contributed by atoms with Crippen molar-refractivity contribution < 1.29 is 4.79 Å². The van der Waals surface area contributed by atoms with Crippen molar-refractivity contribution in [3.05, 3.63) is 35.9 Å². The monoisotopic (exact) mass is 278 g/mol. The van der Waals surface area contributed by atoms with Gasteiger partial charge in [0.15, 0.2) is 0 Å². The van der Waals surface area contributed by atoms with Crippen LogP contribution in [0.15, 0.2) is 30.3 Å². The van der Waals surface area contributed by atoms with Crippen LogP contribution in [-0.2, 0) is 4.79 Å². The Kier molecular flexibility index (Phi) is 5.96. The van der Waals surface area contributed by atoms with Gasteiger partial charge in [0.1, 0.15) is 0 Å². The largest absolute Gasteiger partial charge is 0.393 e. The smallest absolute Gasteiger partial charge is 0.230 e. The van der Waals surface area contributed by atoms with Gasteiger partial charge in [-0.2, -0.15) is 0 Å². The molecular formula is C15H22N2OS. The predicted octanol–water partition coefficient (Wildman–Crippen LogP) is 2.81. The number of thiocarbonyl (C=S) groups is 1. The molecule has 19 heavy (non-hydrogen) atoms. The maximum absolute atomic E-state index is 12.3. The average Bonchev–Trinajstić information content (AvgIpc) is 2.36. The predicted molar refractivity (Wildman–Crippen MR) is 82.7 cm³/mol. The van der Waals surface area contributed by atoms with Crippen LogP contribution in [0.3, 0.4) is 0 Å². The lowest BCUT2D eigenvalue weighted by Crippen LogP contribution is -2.42. The Hall–Kier alpha value is -1.42. The molecule has 0 spiro atoms. The van der Waals surface area contributed by atoms with Crippen molar-refractivity contribution in [3.63, 3.8) is 0 Å². The Balaban J connectivity index is 2.81. The van der Waals surface area contributed by atoms with Gasteiger partial charge in [-0.3, -0.25) is 4.79 Å². The molecule has 0 radical (unpaired) electrons. The number of carbonyl (C=O) groups is 1. The second-order valence-corrected chi connectivity index (χ2v) is 5.48. The normalized spacial score (nSPS) is 13.9. The molecule has 0 aromatic heterocycles. The Bertz CT molecular complexity index is 431. The summed E-state index contributed by atoms with van der Waals surface area (Å²) in [5.41, 5.74) is 6.77. The molecule has 1 aromatic carbocycles. The molecule has 0 saturated heterocycles. The third-order valence-electron chi connectivity index (χ3n) is 3.18. The highest BCUT2D eigenvalue weighted by molar-refractivity contribution is 7.80. The molecule has 3 nitrogen and oxygen atoms in total. The van der Waals surface area contributed by atoms with Crippen LogP contribution < -0.4 is 11.1 Å². The maximum atomic E-state index is 12.3. The van der Waals surface area contributed by atoms with Gasteiger partial charge in [0, 0.05) is 0 Å². The quantitative estimate of drug-likeness (QED) is 0.787. The number of benzene rings is 1. The van der Waals surface area contributed by atoms with E-state index in [1.807, 2.05) is 51.1 Å². The van der Waals surface area contributed by atoms with Crippen LogP contribution in [-0.4, -0.2) is 10.9 Å². The highest BCUT2D eigenvalue weighted by atomic mass is 32.1. The molecule has 0 fully saturated rings. The van der Waals surface area contributed by atoms with Crippen molar-refractivity contribution in [1.29, 1.82) is 0 Å². The van der Waals surface area contributed by atoms with Crippen LogP contribution in [0.4, 0.5) is 0 Å². The summed E-state index contributed by atoms with van der Waals surface area (Å²) in [6.07, 6.45) is 0.831. The minimum absolute atomic E-state index is 0.00398. The molecule has 0 aliphatic carbocycles. The Morgan fingerprint density at radius 1 is 1.32 bits per heavy atom. The summed E-state index contributed by atoms with van der Waals surface area (Å²) in [6, 6.07) is 9.93. The van der Waals surface area contributed by atoms with Gasteiger partial charge in [0.2, 0.25) is 5.91 Å². The molecule has 2 atom stereocenters. The van der Waals surface area contributed by atoms with Crippen LogP contribution in [0, 0.1) is 11.8 Å². The number of amides is 1. The molecule has 3 N–H and O–H groups in total. The van der Waals surface area contributed by atoms with Crippen LogP contribution in [0.1, 0.15) is 38.8 Å². The summed E-state index contributed by atoms with van der Waals surface area (Å²) in [7, 11) is 0. The van der Waals surface area contributed by atoms with Crippen molar-refractivity contribution in [3.8, 4) is 0 Å². The van der Waals surface area contributed by atoms with Crippen LogP contribution in [0.25, 0.3) is 0 Å². The third-order valence-corrected chi connectivity index (χ3v) is 3.44. The lowest BCUT2D eigenvalue weighted by molar-refractivity contribution is -0.124. The first-order valence-corrected chi connectivity index (χ1v) is 7.02. The number of hydrogen-bond donors (Lipinski definition) is 2. The van der Waals surface area contributed by atoms with E-state index in [4.69, 9.17) is 18.0 Å². The first-order chi connectivity index (χ1) is 8.97. The van der Waals surface area contributed by atoms with Crippen LogP contribution >= 0.6 is 12.2 Å². The summed E-state index contributed by atoms with van der Waals surface area (Å²) in [6.45, 7) is 5.95. The van der Waals surface area contributed by atoms with Crippen molar-refractivity contribution in [2.75, 3.05) is 0 Å². The first kappa shape index (κ1) is 15.6.